The van der Waals surface area contributed by atoms with Crippen LogP contribution in [0.4, 0.5) is 0 Å². The molecule has 0 rings (SSSR count). The first kappa shape index (κ1) is 19.4. The minimum absolute atomic E-state index is 0.0751. The lowest BCUT2D eigenvalue weighted by Crippen LogP contribution is -2.17. The minimum atomic E-state index is -0.0751. The number of esters is 1. The van der Waals surface area contributed by atoms with Gasteiger partial charge in [0.2, 0.25) is 0 Å². The van der Waals surface area contributed by atoms with Gasteiger partial charge >= 0.3 is 5.97 Å². The fraction of sp³-hybridized carbons (Fsp3) is 0.933. The summed E-state index contributed by atoms with van der Waals surface area (Å²) in [5.41, 5.74) is 0. The Labute approximate surface area is 123 Å². The smallest absolute Gasteiger partial charge is 0.305 e. The molecular formula is C15H31NO4. The van der Waals surface area contributed by atoms with Gasteiger partial charge in [-0.3, -0.25) is 4.79 Å². The topological polar surface area (TPSA) is 56.8 Å². The van der Waals surface area contributed by atoms with Gasteiger partial charge in [0.1, 0.15) is 0 Å². The molecule has 0 bridgehead atoms. The standard InChI is InChI=1S/C15H31NO4/c1-3-20-15(17)9-5-4-6-10-16-11-7-8-12-19-14-13-18-2/h16H,3-14H2,1-2H3. The Bertz CT molecular complexity index is 212. The highest BCUT2D eigenvalue weighted by atomic mass is 16.5. The van der Waals surface area contributed by atoms with E-state index in [-0.39, 0.29) is 5.97 Å². The zero-order chi connectivity index (χ0) is 14.9. The maximum absolute atomic E-state index is 11.1. The van der Waals surface area contributed by atoms with E-state index in [1.807, 2.05) is 6.92 Å². The van der Waals surface area contributed by atoms with Gasteiger partial charge in [0, 0.05) is 20.1 Å². The van der Waals surface area contributed by atoms with Gasteiger partial charge in [-0.15, -0.1) is 0 Å². The minimum Gasteiger partial charge on any atom is -0.466 e. The summed E-state index contributed by atoms with van der Waals surface area (Å²) in [6, 6.07) is 0. The molecule has 0 aromatic heterocycles. The van der Waals surface area contributed by atoms with Crippen LogP contribution in [0, 0.1) is 0 Å². The third kappa shape index (κ3) is 15.4. The van der Waals surface area contributed by atoms with E-state index in [0.29, 0.717) is 26.2 Å². The van der Waals surface area contributed by atoms with Gasteiger partial charge in [-0.1, -0.05) is 6.42 Å². The van der Waals surface area contributed by atoms with Crippen LogP contribution in [-0.4, -0.2) is 52.6 Å². The predicted octanol–water partition coefficient (Wildman–Crippen LogP) is 2.14. The molecule has 0 aromatic rings. The Morgan fingerprint density at radius 1 is 0.950 bits per heavy atom. The van der Waals surface area contributed by atoms with Crippen LogP contribution in [0.2, 0.25) is 0 Å². The molecule has 0 saturated heterocycles. The van der Waals surface area contributed by atoms with Crippen molar-refractivity contribution in [1.29, 1.82) is 0 Å². The summed E-state index contributed by atoms with van der Waals surface area (Å²) in [4.78, 5) is 11.1. The summed E-state index contributed by atoms with van der Waals surface area (Å²) in [6.45, 7) is 6.54. The fourth-order valence-corrected chi connectivity index (χ4v) is 1.75. The highest BCUT2D eigenvalue weighted by molar-refractivity contribution is 5.69. The molecule has 5 heteroatoms. The van der Waals surface area contributed by atoms with E-state index in [4.69, 9.17) is 14.2 Å². The molecule has 0 fully saturated rings. The van der Waals surface area contributed by atoms with Crippen LogP contribution in [-0.2, 0) is 19.0 Å². The van der Waals surface area contributed by atoms with Crippen molar-refractivity contribution in [2.24, 2.45) is 0 Å². The molecule has 0 amide bonds. The lowest BCUT2D eigenvalue weighted by Gasteiger charge is -2.06. The molecule has 0 aliphatic heterocycles. The van der Waals surface area contributed by atoms with Gasteiger partial charge in [-0.05, 0) is 45.7 Å². The molecule has 0 radical (unpaired) electrons. The molecule has 0 saturated carbocycles. The van der Waals surface area contributed by atoms with E-state index in [0.717, 1.165) is 51.8 Å². The van der Waals surface area contributed by atoms with Gasteiger partial charge in [0.15, 0.2) is 0 Å². The maximum atomic E-state index is 11.1. The molecule has 0 aromatic carbocycles. The van der Waals surface area contributed by atoms with Crippen LogP contribution >= 0.6 is 0 Å². The summed E-state index contributed by atoms with van der Waals surface area (Å²) in [6.07, 6.45) is 5.88. The first-order valence-electron chi connectivity index (χ1n) is 7.74. The highest BCUT2D eigenvalue weighted by Crippen LogP contribution is 2.00. The van der Waals surface area contributed by atoms with Crippen molar-refractivity contribution in [2.45, 2.75) is 45.4 Å². The lowest BCUT2D eigenvalue weighted by molar-refractivity contribution is -0.143. The molecule has 20 heavy (non-hydrogen) atoms. The van der Waals surface area contributed by atoms with Gasteiger partial charge in [-0.2, -0.15) is 0 Å². The summed E-state index contributed by atoms with van der Waals surface area (Å²) in [5.74, 6) is -0.0751. The Kier molecular flexibility index (Phi) is 15.9. The molecule has 0 aliphatic rings. The summed E-state index contributed by atoms with van der Waals surface area (Å²) >= 11 is 0. The molecule has 0 unspecified atom stereocenters. The van der Waals surface area contributed by atoms with Crippen molar-refractivity contribution in [2.75, 3.05) is 46.6 Å². The maximum Gasteiger partial charge on any atom is 0.305 e. The average molecular weight is 289 g/mol. The molecule has 0 aliphatic carbocycles. The quantitative estimate of drug-likeness (QED) is 0.370. The van der Waals surface area contributed by atoms with Gasteiger partial charge in [-0.25, -0.2) is 0 Å². The molecule has 120 valence electrons. The Morgan fingerprint density at radius 3 is 2.40 bits per heavy atom. The second-order valence-corrected chi connectivity index (χ2v) is 4.68. The number of hydrogen-bond donors (Lipinski definition) is 1. The third-order valence-electron chi connectivity index (χ3n) is 2.86. The number of carbonyl (C=O) groups is 1. The van der Waals surface area contributed by atoms with Crippen LogP contribution in [0.25, 0.3) is 0 Å². The van der Waals surface area contributed by atoms with Crippen molar-refractivity contribution in [1.82, 2.24) is 5.32 Å². The number of rotatable bonds is 15. The van der Waals surface area contributed by atoms with Crippen LogP contribution in [0.3, 0.4) is 0 Å². The zero-order valence-electron chi connectivity index (χ0n) is 13.1. The third-order valence-corrected chi connectivity index (χ3v) is 2.86. The van der Waals surface area contributed by atoms with Gasteiger partial charge in [0.25, 0.3) is 0 Å². The van der Waals surface area contributed by atoms with Crippen LogP contribution in [0.15, 0.2) is 0 Å². The monoisotopic (exact) mass is 289 g/mol. The Morgan fingerprint density at radius 2 is 1.70 bits per heavy atom. The first-order chi connectivity index (χ1) is 9.81. The molecule has 5 nitrogen and oxygen atoms in total. The molecule has 0 atom stereocenters. The van der Waals surface area contributed by atoms with Crippen LogP contribution in [0.1, 0.15) is 45.4 Å². The van der Waals surface area contributed by atoms with Crippen molar-refractivity contribution in [3.63, 3.8) is 0 Å². The Balaban J connectivity index is 3.01. The number of unbranched alkanes of at least 4 members (excludes halogenated alkanes) is 3. The van der Waals surface area contributed by atoms with E-state index in [1.54, 1.807) is 7.11 Å². The second-order valence-electron chi connectivity index (χ2n) is 4.68. The van der Waals surface area contributed by atoms with Crippen molar-refractivity contribution in [3.8, 4) is 0 Å². The number of ether oxygens (including phenoxy) is 3. The summed E-state index contributed by atoms with van der Waals surface area (Å²) in [5, 5.41) is 3.40. The summed E-state index contributed by atoms with van der Waals surface area (Å²) < 4.78 is 15.1. The number of methoxy groups -OCH3 is 1. The predicted molar refractivity (Wildman–Crippen MR) is 79.9 cm³/mol. The fourth-order valence-electron chi connectivity index (χ4n) is 1.75. The highest BCUT2D eigenvalue weighted by Gasteiger charge is 2.00. The normalized spacial score (nSPS) is 10.7. The molecule has 0 spiro atoms. The first-order valence-corrected chi connectivity index (χ1v) is 7.74. The van der Waals surface area contributed by atoms with E-state index in [1.165, 1.54) is 0 Å². The lowest BCUT2D eigenvalue weighted by atomic mass is 10.2. The van der Waals surface area contributed by atoms with E-state index in [9.17, 15) is 4.79 Å². The average Bonchev–Trinajstić information content (AvgIpc) is 2.44. The van der Waals surface area contributed by atoms with E-state index < -0.39 is 0 Å². The second kappa shape index (κ2) is 16.4. The summed E-state index contributed by atoms with van der Waals surface area (Å²) in [7, 11) is 1.68. The number of hydrogen-bond acceptors (Lipinski definition) is 5. The van der Waals surface area contributed by atoms with E-state index in [2.05, 4.69) is 5.32 Å². The number of carbonyl (C=O) groups excluding carboxylic acids is 1. The van der Waals surface area contributed by atoms with Crippen molar-refractivity contribution >= 4 is 5.97 Å². The van der Waals surface area contributed by atoms with Crippen molar-refractivity contribution in [3.05, 3.63) is 0 Å². The van der Waals surface area contributed by atoms with Crippen LogP contribution < -0.4 is 5.32 Å². The zero-order valence-corrected chi connectivity index (χ0v) is 13.1. The largest absolute Gasteiger partial charge is 0.466 e. The SMILES string of the molecule is CCOC(=O)CCCCCNCCCCOCCOC. The van der Waals surface area contributed by atoms with Gasteiger partial charge in [0.05, 0.1) is 19.8 Å². The van der Waals surface area contributed by atoms with Crippen LogP contribution in [0.5, 0.6) is 0 Å². The molecular weight excluding hydrogens is 258 g/mol. The van der Waals surface area contributed by atoms with Crippen molar-refractivity contribution < 1.29 is 19.0 Å². The Hall–Kier alpha value is -0.650. The van der Waals surface area contributed by atoms with E-state index >= 15 is 0 Å². The molecule has 1 N–H and O–H groups in total. The van der Waals surface area contributed by atoms with Gasteiger partial charge < -0.3 is 19.5 Å². The molecule has 0 heterocycles. The number of nitrogens with one attached hydrogen (secondary N) is 1.